The molecule has 2 aliphatic rings. The Morgan fingerprint density at radius 2 is 1.96 bits per heavy atom. The quantitative estimate of drug-likeness (QED) is 0.822. The Hall–Kier alpha value is -2.38. The highest BCUT2D eigenvalue weighted by Gasteiger charge is 2.31. The second-order valence-electron chi connectivity index (χ2n) is 7.22. The molecule has 1 atom stereocenters. The topological polar surface area (TPSA) is 74.7 Å². The van der Waals surface area contributed by atoms with Gasteiger partial charge in [0.2, 0.25) is 11.8 Å². The molecule has 0 bridgehead atoms. The Morgan fingerprint density at radius 1 is 1.14 bits per heavy atom. The van der Waals surface area contributed by atoms with Gasteiger partial charge in [0.05, 0.1) is 12.1 Å². The fraction of sp³-hybridized carbons (Fsp3) is 0.450. The van der Waals surface area contributed by atoms with Gasteiger partial charge in [-0.1, -0.05) is 12.1 Å². The van der Waals surface area contributed by atoms with E-state index in [0.29, 0.717) is 31.6 Å². The van der Waals surface area contributed by atoms with E-state index >= 15 is 0 Å². The number of nitrogens with zero attached hydrogens (tertiary/aromatic N) is 3. The zero-order valence-corrected chi connectivity index (χ0v) is 16.5. The molecular formula is C20H25ClN4O3. The van der Waals surface area contributed by atoms with Crippen molar-refractivity contribution in [2.75, 3.05) is 32.7 Å². The van der Waals surface area contributed by atoms with Crippen LogP contribution in [0.1, 0.15) is 12.8 Å². The molecule has 4 rings (SSSR count). The summed E-state index contributed by atoms with van der Waals surface area (Å²) >= 11 is 0. The number of amides is 2. The van der Waals surface area contributed by atoms with Crippen LogP contribution in [0.25, 0.3) is 10.9 Å². The van der Waals surface area contributed by atoms with Crippen molar-refractivity contribution >= 4 is 35.1 Å². The molecule has 0 saturated carbocycles. The van der Waals surface area contributed by atoms with Gasteiger partial charge in [-0.05, 0) is 25.0 Å². The lowest BCUT2D eigenvalue weighted by atomic mass is 10.0. The minimum absolute atomic E-state index is 0. The predicted molar refractivity (Wildman–Crippen MR) is 110 cm³/mol. The van der Waals surface area contributed by atoms with E-state index in [-0.39, 0.29) is 42.2 Å². The standard InChI is InChI=1S/C20H24N4O3.ClH/c25-18-7-10-22(17-6-2-1-5-16(17)18)14-20(27)23-9-3-4-15(13-23)24-11-8-21-12-19(24)26;/h1-2,5-7,10,15,21H,3-4,8-9,11-14H2;1H. The van der Waals surface area contributed by atoms with Gasteiger partial charge < -0.3 is 19.7 Å². The average molecular weight is 405 g/mol. The molecule has 1 N–H and O–H groups in total. The third-order valence-electron chi connectivity index (χ3n) is 5.51. The Balaban J connectivity index is 0.00000225. The minimum Gasteiger partial charge on any atom is -0.339 e. The van der Waals surface area contributed by atoms with Gasteiger partial charge in [-0.3, -0.25) is 14.4 Å². The number of rotatable bonds is 3. The zero-order chi connectivity index (χ0) is 18.8. The lowest BCUT2D eigenvalue weighted by Crippen LogP contribution is -2.57. The highest BCUT2D eigenvalue weighted by molar-refractivity contribution is 5.85. The van der Waals surface area contributed by atoms with Gasteiger partial charge in [0, 0.05) is 49.9 Å². The van der Waals surface area contributed by atoms with E-state index in [1.54, 1.807) is 12.3 Å². The number of likely N-dealkylation sites (tertiary alicyclic amines) is 1. The first kappa shape index (κ1) is 20.4. The summed E-state index contributed by atoms with van der Waals surface area (Å²) in [6.45, 7) is 3.39. The van der Waals surface area contributed by atoms with Crippen molar-refractivity contribution < 1.29 is 9.59 Å². The third kappa shape index (κ3) is 4.05. The molecule has 2 amide bonds. The summed E-state index contributed by atoms with van der Waals surface area (Å²) in [6, 6.07) is 8.95. The number of hydrogen-bond donors (Lipinski definition) is 1. The van der Waals surface area contributed by atoms with Gasteiger partial charge in [-0.25, -0.2) is 0 Å². The molecule has 8 heteroatoms. The largest absolute Gasteiger partial charge is 0.339 e. The second-order valence-corrected chi connectivity index (χ2v) is 7.22. The van der Waals surface area contributed by atoms with Crippen LogP contribution in [0, 0.1) is 0 Å². The number of fused-ring (bicyclic) bond motifs is 1. The monoisotopic (exact) mass is 404 g/mol. The molecule has 2 fully saturated rings. The molecular weight excluding hydrogens is 380 g/mol. The van der Waals surface area contributed by atoms with Crippen molar-refractivity contribution in [3.63, 3.8) is 0 Å². The predicted octanol–water partition coefficient (Wildman–Crippen LogP) is 0.846. The first-order chi connectivity index (χ1) is 13.1. The van der Waals surface area contributed by atoms with Gasteiger partial charge in [-0.2, -0.15) is 0 Å². The Labute approximate surface area is 169 Å². The molecule has 2 saturated heterocycles. The lowest BCUT2D eigenvalue weighted by molar-refractivity contribution is -0.140. The maximum Gasteiger partial charge on any atom is 0.242 e. The summed E-state index contributed by atoms with van der Waals surface area (Å²) in [5.41, 5.74) is 0.730. The molecule has 1 unspecified atom stereocenters. The Morgan fingerprint density at radius 3 is 2.79 bits per heavy atom. The molecule has 1 aromatic carbocycles. The summed E-state index contributed by atoms with van der Waals surface area (Å²) in [7, 11) is 0. The van der Waals surface area contributed by atoms with Crippen LogP contribution >= 0.6 is 12.4 Å². The first-order valence-electron chi connectivity index (χ1n) is 9.49. The van der Waals surface area contributed by atoms with E-state index in [2.05, 4.69) is 5.32 Å². The van der Waals surface area contributed by atoms with Gasteiger partial charge in [0.15, 0.2) is 5.43 Å². The number of para-hydroxylation sites is 1. The van der Waals surface area contributed by atoms with Crippen LogP contribution in [0.2, 0.25) is 0 Å². The van der Waals surface area contributed by atoms with E-state index in [4.69, 9.17) is 0 Å². The van der Waals surface area contributed by atoms with E-state index in [1.807, 2.05) is 32.6 Å². The fourth-order valence-corrected chi connectivity index (χ4v) is 4.09. The Bertz CT molecular complexity index is 929. The van der Waals surface area contributed by atoms with Crippen molar-refractivity contribution in [3.8, 4) is 0 Å². The summed E-state index contributed by atoms with van der Waals surface area (Å²) in [4.78, 5) is 40.9. The van der Waals surface area contributed by atoms with Gasteiger partial charge in [0.25, 0.3) is 0 Å². The molecule has 150 valence electrons. The smallest absolute Gasteiger partial charge is 0.242 e. The highest BCUT2D eigenvalue weighted by Crippen LogP contribution is 2.18. The number of halogens is 1. The number of carbonyl (C=O) groups excluding carboxylic acids is 2. The van der Waals surface area contributed by atoms with Gasteiger partial charge >= 0.3 is 0 Å². The van der Waals surface area contributed by atoms with Gasteiger partial charge in [-0.15, -0.1) is 12.4 Å². The normalized spacial score (nSPS) is 20.1. The molecule has 7 nitrogen and oxygen atoms in total. The van der Waals surface area contributed by atoms with Crippen LogP contribution in [0.4, 0.5) is 0 Å². The number of piperazine rings is 1. The number of aromatic nitrogens is 1. The van der Waals surface area contributed by atoms with E-state index < -0.39 is 0 Å². The minimum atomic E-state index is -0.0374. The second kappa shape index (κ2) is 8.75. The van der Waals surface area contributed by atoms with Crippen LogP contribution in [-0.4, -0.2) is 64.9 Å². The molecule has 0 spiro atoms. The SMILES string of the molecule is Cl.O=C(Cn1ccc(=O)c2ccccc21)N1CCCC(N2CCNCC2=O)C1. The summed E-state index contributed by atoms with van der Waals surface area (Å²) in [5.74, 6) is 0.142. The lowest BCUT2D eigenvalue weighted by Gasteiger charge is -2.41. The molecule has 28 heavy (non-hydrogen) atoms. The van der Waals surface area contributed by atoms with Crippen molar-refractivity contribution in [3.05, 3.63) is 46.8 Å². The van der Waals surface area contributed by atoms with Crippen molar-refractivity contribution in [1.82, 2.24) is 19.7 Å². The van der Waals surface area contributed by atoms with Crippen molar-refractivity contribution in [1.29, 1.82) is 0 Å². The average Bonchev–Trinajstić information content (AvgIpc) is 2.71. The molecule has 0 aliphatic carbocycles. The van der Waals surface area contributed by atoms with Crippen LogP contribution in [0.15, 0.2) is 41.3 Å². The van der Waals surface area contributed by atoms with E-state index in [1.165, 1.54) is 6.07 Å². The molecule has 2 aromatic rings. The van der Waals surface area contributed by atoms with Crippen LogP contribution in [0.3, 0.4) is 0 Å². The van der Waals surface area contributed by atoms with Gasteiger partial charge in [0.1, 0.15) is 6.54 Å². The van der Waals surface area contributed by atoms with Crippen molar-refractivity contribution in [2.24, 2.45) is 0 Å². The third-order valence-corrected chi connectivity index (χ3v) is 5.51. The summed E-state index contributed by atoms with van der Waals surface area (Å²) in [6.07, 6.45) is 3.53. The fourth-order valence-electron chi connectivity index (χ4n) is 4.09. The number of piperidine rings is 1. The number of nitrogens with one attached hydrogen (secondary N) is 1. The maximum absolute atomic E-state index is 12.9. The zero-order valence-electron chi connectivity index (χ0n) is 15.7. The maximum atomic E-state index is 12.9. The molecule has 0 radical (unpaired) electrons. The van der Waals surface area contributed by atoms with Crippen molar-refractivity contribution in [2.45, 2.75) is 25.4 Å². The van der Waals surface area contributed by atoms with E-state index in [9.17, 15) is 14.4 Å². The highest BCUT2D eigenvalue weighted by atomic mass is 35.5. The van der Waals surface area contributed by atoms with Crippen LogP contribution in [0.5, 0.6) is 0 Å². The number of hydrogen-bond acceptors (Lipinski definition) is 4. The van der Waals surface area contributed by atoms with E-state index in [0.717, 1.165) is 24.9 Å². The first-order valence-corrected chi connectivity index (χ1v) is 9.49. The number of carbonyl (C=O) groups is 2. The molecule has 2 aliphatic heterocycles. The number of pyridine rings is 1. The number of benzene rings is 1. The Kier molecular flexibility index (Phi) is 6.36. The van der Waals surface area contributed by atoms with Crippen LogP contribution < -0.4 is 10.7 Å². The van der Waals surface area contributed by atoms with Crippen LogP contribution in [-0.2, 0) is 16.1 Å². The molecule has 3 heterocycles. The summed E-state index contributed by atoms with van der Waals surface area (Å²) < 4.78 is 1.83. The molecule has 1 aromatic heterocycles. The summed E-state index contributed by atoms with van der Waals surface area (Å²) in [5, 5.41) is 3.71.